The first-order valence-electron chi connectivity index (χ1n) is 7.36. The number of rotatable bonds is 5. The van der Waals surface area contributed by atoms with Crippen molar-refractivity contribution in [3.8, 4) is 0 Å². The zero-order valence-electron chi connectivity index (χ0n) is 12.0. The summed E-state index contributed by atoms with van der Waals surface area (Å²) in [6.45, 7) is 2.92. The summed E-state index contributed by atoms with van der Waals surface area (Å²) in [5.74, 6) is -0.344. The summed E-state index contributed by atoms with van der Waals surface area (Å²) >= 11 is 7.64. The fourth-order valence-electron chi connectivity index (χ4n) is 2.70. The standard InChI is InChI=1S/C16H18ClFN2S/c1-2-9-19-15(10-5-3-6-11(17)14(10)18)16-20-12-7-4-8-13(12)21-16/h3,5-6,15,19H,2,4,7-9H2,1H3. The molecule has 5 heteroatoms. The van der Waals surface area contributed by atoms with E-state index in [2.05, 4.69) is 12.2 Å². The van der Waals surface area contributed by atoms with Gasteiger partial charge in [0, 0.05) is 10.4 Å². The van der Waals surface area contributed by atoms with Crippen LogP contribution in [0, 0.1) is 5.82 Å². The third-order valence-electron chi connectivity index (χ3n) is 3.75. The molecule has 2 nitrogen and oxygen atoms in total. The molecule has 112 valence electrons. The van der Waals surface area contributed by atoms with E-state index in [1.807, 2.05) is 0 Å². The van der Waals surface area contributed by atoms with E-state index in [-0.39, 0.29) is 16.9 Å². The lowest BCUT2D eigenvalue weighted by molar-refractivity contribution is 0.545. The van der Waals surface area contributed by atoms with E-state index in [1.165, 1.54) is 17.0 Å². The fraction of sp³-hybridized carbons (Fsp3) is 0.438. The van der Waals surface area contributed by atoms with Gasteiger partial charge in [-0.25, -0.2) is 9.37 Å². The van der Waals surface area contributed by atoms with Crippen molar-refractivity contribution in [1.82, 2.24) is 10.3 Å². The summed E-state index contributed by atoms with van der Waals surface area (Å²) in [7, 11) is 0. The van der Waals surface area contributed by atoms with Gasteiger partial charge in [0.15, 0.2) is 0 Å². The highest BCUT2D eigenvalue weighted by Crippen LogP contribution is 2.35. The maximum Gasteiger partial charge on any atom is 0.146 e. The lowest BCUT2D eigenvalue weighted by Crippen LogP contribution is -2.24. The molecular weight excluding hydrogens is 307 g/mol. The zero-order valence-corrected chi connectivity index (χ0v) is 13.5. The summed E-state index contributed by atoms with van der Waals surface area (Å²) < 4.78 is 14.4. The van der Waals surface area contributed by atoms with E-state index in [1.54, 1.807) is 29.5 Å². The Morgan fingerprint density at radius 1 is 1.43 bits per heavy atom. The Hall–Kier alpha value is -0.970. The first kappa shape index (κ1) is 14.9. The van der Waals surface area contributed by atoms with Gasteiger partial charge in [-0.2, -0.15) is 0 Å². The van der Waals surface area contributed by atoms with Crippen LogP contribution in [0.4, 0.5) is 4.39 Å². The number of aryl methyl sites for hydroxylation is 2. The molecule has 21 heavy (non-hydrogen) atoms. The molecule has 0 saturated heterocycles. The molecule has 0 radical (unpaired) electrons. The first-order valence-corrected chi connectivity index (χ1v) is 8.56. The second-order valence-corrected chi connectivity index (χ2v) is 6.83. The third-order valence-corrected chi connectivity index (χ3v) is 5.26. The van der Waals surface area contributed by atoms with Crippen molar-refractivity contribution in [3.63, 3.8) is 0 Å². The molecule has 1 N–H and O–H groups in total. The molecule has 3 rings (SSSR count). The van der Waals surface area contributed by atoms with Gasteiger partial charge in [-0.3, -0.25) is 0 Å². The van der Waals surface area contributed by atoms with Crippen LogP contribution < -0.4 is 5.32 Å². The van der Waals surface area contributed by atoms with Gasteiger partial charge in [0.25, 0.3) is 0 Å². The number of aromatic nitrogens is 1. The van der Waals surface area contributed by atoms with Crippen LogP contribution in [0.5, 0.6) is 0 Å². The van der Waals surface area contributed by atoms with Gasteiger partial charge in [0.2, 0.25) is 0 Å². The number of thiazole rings is 1. The molecule has 1 unspecified atom stereocenters. The molecule has 0 bridgehead atoms. The van der Waals surface area contributed by atoms with Crippen molar-refractivity contribution in [3.05, 3.63) is 50.2 Å². The maximum absolute atomic E-state index is 14.4. The monoisotopic (exact) mass is 324 g/mol. The van der Waals surface area contributed by atoms with Crippen molar-refractivity contribution in [2.45, 2.75) is 38.6 Å². The quantitative estimate of drug-likeness (QED) is 0.875. The Morgan fingerprint density at radius 2 is 2.29 bits per heavy atom. The van der Waals surface area contributed by atoms with Crippen LogP contribution in [-0.2, 0) is 12.8 Å². The second-order valence-electron chi connectivity index (χ2n) is 5.31. The lowest BCUT2D eigenvalue weighted by Gasteiger charge is -2.18. The van der Waals surface area contributed by atoms with Gasteiger partial charge in [-0.1, -0.05) is 30.7 Å². The topological polar surface area (TPSA) is 24.9 Å². The van der Waals surface area contributed by atoms with E-state index < -0.39 is 0 Å². The average Bonchev–Trinajstić information content (AvgIpc) is 3.05. The molecule has 1 aliphatic rings. The SMILES string of the molecule is CCCNC(c1nc2c(s1)CCC2)c1cccc(Cl)c1F. The summed E-state index contributed by atoms with van der Waals surface area (Å²) in [6, 6.07) is 4.96. The summed E-state index contributed by atoms with van der Waals surface area (Å²) in [6.07, 6.45) is 4.33. The van der Waals surface area contributed by atoms with Crippen molar-refractivity contribution in [2.24, 2.45) is 0 Å². The molecule has 1 aliphatic carbocycles. The minimum atomic E-state index is -0.344. The van der Waals surface area contributed by atoms with Crippen LogP contribution in [0.1, 0.15) is 46.9 Å². The third kappa shape index (κ3) is 2.98. The van der Waals surface area contributed by atoms with E-state index in [4.69, 9.17) is 16.6 Å². The molecule has 1 heterocycles. The predicted octanol–water partition coefficient (Wildman–Crippen LogP) is 4.51. The number of halogens is 2. The van der Waals surface area contributed by atoms with Crippen LogP contribution >= 0.6 is 22.9 Å². The van der Waals surface area contributed by atoms with Crippen molar-refractivity contribution in [1.29, 1.82) is 0 Å². The minimum Gasteiger partial charge on any atom is -0.304 e. The van der Waals surface area contributed by atoms with Gasteiger partial charge >= 0.3 is 0 Å². The largest absolute Gasteiger partial charge is 0.304 e. The van der Waals surface area contributed by atoms with E-state index in [9.17, 15) is 4.39 Å². The maximum atomic E-state index is 14.4. The molecule has 2 aromatic rings. The molecule has 0 saturated carbocycles. The number of nitrogens with zero attached hydrogens (tertiary/aromatic N) is 1. The number of nitrogens with one attached hydrogen (secondary N) is 1. The van der Waals surface area contributed by atoms with Crippen molar-refractivity contribution < 1.29 is 4.39 Å². The lowest BCUT2D eigenvalue weighted by atomic mass is 10.1. The number of benzene rings is 1. The van der Waals surface area contributed by atoms with Gasteiger partial charge in [0.1, 0.15) is 10.8 Å². The normalized spacial score (nSPS) is 15.2. The molecule has 0 fully saturated rings. The molecule has 1 aromatic carbocycles. The Balaban J connectivity index is 1.98. The molecule has 0 amide bonds. The van der Waals surface area contributed by atoms with Crippen LogP contribution in [-0.4, -0.2) is 11.5 Å². The van der Waals surface area contributed by atoms with Gasteiger partial charge in [-0.05, 0) is 38.3 Å². The minimum absolute atomic E-state index is 0.167. The highest BCUT2D eigenvalue weighted by molar-refractivity contribution is 7.11. The number of hydrogen-bond acceptors (Lipinski definition) is 3. The first-order chi connectivity index (χ1) is 10.2. The Labute approximate surface area is 133 Å². The van der Waals surface area contributed by atoms with Gasteiger partial charge in [-0.15, -0.1) is 11.3 Å². The van der Waals surface area contributed by atoms with Gasteiger partial charge < -0.3 is 5.32 Å². The summed E-state index contributed by atoms with van der Waals surface area (Å²) in [4.78, 5) is 6.09. The highest BCUT2D eigenvalue weighted by Gasteiger charge is 2.25. The molecule has 0 aliphatic heterocycles. The summed E-state index contributed by atoms with van der Waals surface area (Å²) in [5, 5.41) is 4.53. The number of fused-ring (bicyclic) bond motifs is 1. The smallest absolute Gasteiger partial charge is 0.146 e. The Morgan fingerprint density at radius 3 is 3.05 bits per heavy atom. The van der Waals surface area contributed by atoms with Crippen LogP contribution in [0.15, 0.2) is 18.2 Å². The fourth-order valence-corrected chi connectivity index (χ4v) is 4.13. The Kier molecular flexibility index (Phi) is 4.57. The van der Waals surface area contributed by atoms with E-state index in [0.717, 1.165) is 30.8 Å². The van der Waals surface area contributed by atoms with Crippen LogP contribution in [0.2, 0.25) is 5.02 Å². The molecule has 0 spiro atoms. The highest BCUT2D eigenvalue weighted by atomic mass is 35.5. The number of hydrogen-bond donors (Lipinski definition) is 1. The molecular formula is C16H18ClFN2S. The van der Waals surface area contributed by atoms with Crippen molar-refractivity contribution >= 4 is 22.9 Å². The van der Waals surface area contributed by atoms with Gasteiger partial charge in [0.05, 0.1) is 16.8 Å². The summed E-state index contributed by atoms with van der Waals surface area (Å²) in [5.41, 5.74) is 1.78. The molecule has 1 atom stereocenters. The van der Waals surface area contributed by atoms with E-state index in [0.29, 0.717) is 5.56 Å². The zero-order chi connectivity index (χ0) is 14.8. The second kappa shape index (κ2) is 6.42. The predicted molar refractivity (Wildman–Crippen MR) is 85.7 cm³/mol. The Bertz CT molecular complexity index is 620. The molecule has 1 aromatic heterocycles. The van der Waals surface area contributed by atoms with Crippen LogP contribution in [0.25, 0.3) is 0 Å². The van der Waals surface area contributed by atoms with E-state index >= 15 is 0 Å². The van der Waals surface area contributed by atoms with Crippen molar-refractivity contribution in [2.75, 3.05) is 6.54 Å². The average molecular weight is 325 g/mol. The van der Waals surface area contributed by atoms with Crippen LogP contribution in [0.3, 0.4) is 0 Å².